The second kappa shape index (κ2) is 9.17. The minimum Gasteiger partial charge on any atom is -0.378 e. The van der Waals surface area contributed by atoms with Gasteiger partial charge >= 0.3 is 0 Å². The Morgan fingerprint density at radius 3 is 2.57 bits per heavy atom. The van der Waals surface area contributed by atoms with Crippen molar-refractivity contribution in [1.82, 2.24) is 14.5 Å². The van der Waals surface area contributed by atoms with Crippen LogP contribution in [0.25, 0.3) is 5.69 Å². The maximum absolute atomic E-state index is 12.6. The molecule has 1 heterocycles. The third kappa shape index (κ3) is 5.09. The van der Waals surface area contributed by atoms with Crippen LogP contribution in [0.1, 0.15) is 5.56 Å². The van der Waals surface area contributed by atoms with Crippen LogP contribution >= 0.6 is 23.4 Å². The molecule has 0 fully saturated rings. The van der Waals surface area contributed by atoms with Gasteiger partial charge in [0.1, 0.15) is 0 Å². The van der Waals surface area contributed by atoms with Gasteiger partial charge in [-0.25, -0.2) is 4.98 Å². The molecule has 0 aliphatic heterocycles. The SMILES string of the molecule is CN(Cc1ccc(N(C)C)cc1)C(=O)CSc1nccn1-c1cccc(Cl)c1. The Kier molecular flexibility index (Phi) is 6.65. The van der Waals surface area contributed by atoms with Gasteiger partial charge in [0, 0.05) is 56.5 Å². The van der Waals surface area contributed by atoms with Crippen LogP contribution in [0.3, 0.4) is 0 Å². The van der Waals surface area contributed by atoms with Crippen molar-refractivity contribution < 1.29 is 4.79 Å². The van der Waals surface area contributed by atoms with Gasteiger partial charge in [-0.2, -0.15) is 0 Å². The molecule has 1 amide bonds. The summed E-state index contributed by atoms with van der Waals surface area (Å²) in [6, 6.07) is 15.8. The maximum atomic E-state index is 12.6. The number of amides is 1. The number of anilines is 1. The molecule has 5 nitrogen and oxygen atoms in total. The molecule has 0 saturated heterocycles. The highest BCUT2D eigenvalue weighted by Gasteiger charge is 2.13. The van der Waals surface area contributed by atoms with E-state index in [0.29, 0.717) is 17.3 Å². The number of carbonyl (C=O) groups excluding carboxylic acids is 1. The normalized spacial score (nSPS) is 10.7. The van der Waals surface area contributed by atoms with Crippen LogP contribution < -0.4 is 4.90 Å². The number of hydrogen-bond acceptors (Lipinski definition) is 4. The molecule has 3 rings (SSSR count). The highest BCUT2D eigenvalue weighted by Crippen LogP contribution is 2.23. The zero-order chi connectivity index (χ0) is 20.1. The Bertz CT molecular complexity index is 940. The van der Waals surface area contributed by atoms with Gasteiger partial charge in [-0.15, -0.1) is 0 Å². The summed E-state index contributed by atoms with van der Waals surface area (Å²) in [6.07, 6.45) is 3.60. The highest BCUT2D eigenvalue weighted by atomic mass is 35.5. The van der Waals surface area contributed by atoms with Crippen LogP contribution in [0, 0.1) is 0 Å². The summed E-state index contributed by atoms with van der Waals surface area (Å²) < 4.78 is 1.93. The van der Waals surface area contributed by atoms with Crippen molar-refractivity contribution in [3.8, 4) is 5.69 Å². The fourth-order valence-corrected chi connectivity index (χ4v) is 3.82. The lowest BCUT2D eigenvalue weighted by Crippen LogP contribution is -2.27. The molecule has 0 unspecified atom stereocenters. The number of benzene rings is 2. The van der Waals surface area contributed by atoms with Gasteiger partial charge in [0.15, 0.2) is 5.16 Å². The summed E-state index contributed by atoms with van der Waals surface area (Å²) >= 11 is 7.50. The van der Waals surface area contributed by atoms with E-state index in [4.69, 9.17) is 11.6 Å². The summed E-state index contributed by atoms with van der Waals surface area (Å²) in [5.41, 5.74) is 3.17. The molecule has 0 aliphatic rings. The van der Waals surface area contributed by atoms with E-state index >= 15 is 0 Å². The van der Waals surface area contributed by atoms with Crippen molar-refractivity contribution in [2.45, 2.75) is 11.7 Å². The number of nitrogens with zero attached hydrogens (tertiary/aromatic N) is 4. The Morgan fingerprint density at radius 2 is 1.89 bits per heavy atom. The summed E-state index contributed by atoms with van der Waals surface area (Å²) in [5, 5.41) is 1.43. The van der Waals surface area contributed by atoms with E-state index < -0.39 is 0 Å². The van der Waals surface area contributed by atoms with Crippen molar-refractivity contribution in [2.24, 2.45) is 0 Å². The van der Waals surface area contributed by atoms with Crippen molar-refractivity contribution in [3.05, 3.63) is 71.5 Å². The highest BCUT2D eigenvalue weighted by molar-refractivity contribution is 7.99. The third-order valence-corrected chi connectivity index (χ3v) is 5.50. The van der Waals surface area contributed by atoms with Crippen LogP contribution in [-0.2, 0) is 11.3 Å². The van der Waals surface area contributed by atoms with Gasteiger partial charge in [-0.1, -0.05) is 41.6 Å². The minimum absolute atomic E-state index is 0.0577. The van der Waals surface area contributed by atoms with Crippen molar-refractivity contribution in [3.63, 3.8) is 0 Å². The van der Waals surface area contributed by atoms with E-state index in [2.05, 4.69) is 34.1 Å². The molecule has 1 aromatic heterocycles. The number of halogens is 1. The summed E-state index contributed by atoms with van der Waals surface area (Å²) in [4.78, 5) is 20.7. The molecule has 0 aliphatic carbocycles. The first-order valence-corrected chi connectivity index (χ1v) is 10.2. The summed E-state index contributed by atoms with van der Waals surface area (Å²) in [6.45, 7) is 0.579. The van der Waals surface area contributed by atoms with Crippen LogP contribution in [0.4, 0.5) is 5.69 Å². The van der Waals surface area contributed by atoms with Gasteiger partial charge in [0.05, 0.1) is 5.75 Å². The van der Waals surface area contributed by atoms with E-state index in [0.717, 1.165) is 22.1 Å². The largest absolute Gasteiger partial charge is 0.378 e. The van der Waals surface area contributed by atoms with E-state index in [1.807, 2.05) is 56.2 Å². The van der Waals surface area contributed by atoms with Crippen molar-refractivity contribution >= 4 is 35.0 Å². The maximum Gasteiger partial charge on any atom is 0.233 e. The second-order valence-electron chi connectivity index (χ2n) is 6.66. The molecule has 0 bridgehead atoms. The second-order valence-corrected chi connectivity index (χ2v) is 8.04. The molecule has 2 aromatic carbocycles. The lowest BCUT2D eigenvalue weighted by Gasteiger charge is -2.18. The summed E-state index contributed by atoms with van der Waals surface area (Å²) in [5.74, 6) is 0.381. The first-order valence-electron chi connectivity index (χ1n) is 8.86. The van der Waals surface area contributed by atoms with Crippen LogP contribution in [-0.4, -0.2) is 47.3 Å². The number of thioether (sulfide) groups is 1. The molecule has 0 spiro atoms. The molecule has 7 heteroatoms. The monoisotopic (exact) mass is 414 g/mol. The van der Waals surface area contributed by atoms with E-state index in [9.17, 15) is 4.79 Å². The number of carbonyl (C=O) groups is 1. The number of hydrogen-bond donors (Lipinski definition) is 0. The fourth-order valence-electron chi connectivity index (χ4n) is 2.72. The Labute approximate surface area is 174 Å². The number of imidazole rings is 1. The third-order valence-electron chi connectivity index (χ3n) is 4.32. The fraction of sp³-hybridized carbons (Fsp3) is 0.238. The average Bonchev–Trinajstić information content (AvgIpc) is 3.15. The quantitative estimate of drug-likeness (QED) is 0.539. The first-order chi connectivity index (χ1) is 13.4. The topological polar surface area (TPSA) is 41.4 Å². The molecule has 28 heavy (non-hydrogen) atoms. The molecule has 146 valence electrons. The van der Waals surface area contributed by atoms with E-state index in [1.165, 1.54) is 11.8 Å². The number of rotatable bonds is 7. The van der Waals surface area contributed by atoms with Crippen LogP contribution in [0.15, 0.2) is 66.1 Å². The molecule has 0 saturated carbocycles. The van der Waals surface area contributed by atoms with E-state index in [-0.39, 0.29) is 5.91 Å². The lowest BCUT2D eigenvalue weighted by atomic mass is 10.2. The molecule has 0 N–H and O–H groups in total. The smallest absolute Gasteiger partial charge is 0.233 e. The molecular weight excluding hydrogens is 392 g/mol. The molecule has 0 atom stereocenters. The number of aromatic nitrogens is 2. The van der Waals surface area contributed by atoms with Crippen molar-refractivity contribution in [2.75, 3.05) is 31.8 Å². The first kappa shape index (κ1) is 20.3. The Hall–Kier alpha value is -2.44. The minimum atomic E-state index is 0.0577. The zero-order valence-electron chi connectivity index (χ0n) is 16.2. The zero-order valence-corrected chi connectivity index (χ0v) is 17.7. The molecular formula is C21H23ClN4OS. The van der Waals surface area contributed by atoms with E-state index in [1.54, 1.807) is 11.1 Å². The van der Waals surface area contributed by atoms with Gasteiger partial charge in [-0.05, 0) is 35.9 Å². The average molecular weight is 415 g/mol. The van der Waals surface area contributed by atoms with Gasteiger partial charge in [-0.3, -0.25) is 9.36 Å². The van der Waals surface area contributed by atoms with Gasteiger partial charge in [0.25, 0.3) is 0 Å². The Morgan fingerprint density at radius 1 is 1.14 bits per heavy atom. The van der Waals surface area contributed by atoms with Gasteiger partial charge < -0.3 is 9.80 Å². The van der Waals surface area contributed by atoms with Crippen LogP contribution in [0.2, 0.25) is 5.02 Å². The van der Waals surface area contributed by atoms with Gasteiger partial charge in [0.2, 0.25) is 5.91 Å². The Balaban J connectivity index is 1.59. The van der Waals surface area contributed by atoms with Crippen LogP contribution in [0.5, 0.6) is 0 Å². The predicted molar refractivity (Wildman–Crippen MR) is 117 cm³/mol. The predicted octanol–water partition coefficient (Wildman–Crippen LogP) is 4.34. The lowest BCUT2D eigenvalue weighted by molar-refractivity contribution is -0.127. The molecule has 0 radical (unpaired) electrons. The van der Waals surface area contributed by atoms with Crippen molar-refractivity contribution in [1.29, 1.82) is 0 Å². The standard InChI is InChI=1S/C21H23ClN4OS/c1-24(2)18-9-7-16(8-10-18)14-25(3)20(27)15-28-21-23-11-12-26(21)19-6-4-5-17(22)13-19/h4-13H,14-15H2,1-3H3. The summed E-state index contributed by atoms with van der Waals surface area (Å²) in [7, 11) is 5.84. The molecule has 3 aromatic rings.